The van der Waals surface area contributed by atoms with Gasteiger partial charge in [-0.1, -0.05) is 51.3 Å². The molecule has 0 fully saturated rings. The van der Waals surface area contributed by atoms with Gasteiger partial charge in [0.2, 0.25) is 0 Å². The third-order valence-corrected chi connectivity index (χ3v) is 3.84. The van der Waals surface area contributed by atoms with Crippen molar-refractivity contribution >= 4 is 44.9 Å². The number of Topliss-reactive ketones (excluding diaryl/α,β-unsaturated/α-hetero) is 1. The Hall–Kier alpha value is -0.900. The predicted molar refractivity (Wildman–Crippen MR) is 78.6 cm³/mol. The molecule has 0 spiro atoms. The van der Waals surface area contributed by atoms with E-state index in [9.17, 15) is 9.18 Å². The molecule has 0 unspecified atom stereocenters. The molecule has 0 bridgehead atoms. The number of ketones is 1. The van der Waals surface area contributed by atoms with Gasteiger partial charge in [0.25, 0.3) is 0 Å². The molecule has 0 aliphatic heterocycles. The minimum atomic E-state index is -0.533. The lowest BCUT2D eigenvalue weighted by molar-refractivity contribution is 0.0993. The van der Waals surface area contributed by atoms with E-state index in [2.05, 4.69) is 15.9 Å². The highest BCUT2D eigenvalue weighted by atomic mass is 79.9. The van der Waals surface area contributed by atoms with Gasteiger partial charge in [0.15, 0.2) is 5.78 Å². The maximum Gasteiger partial charge on any atom is 0.168 e. The van der Waals surface area contributed by atoms with Crippen LogP contribution in [0.5, 0.6) is 0 Å². The second kappa shape index (κ2) is 6.04. The van der Waals surface area contributed by atoms with Gasteiger partial charge >= 0.3 is 0 Å². The van der Waals surface area contributed by atoms with Crippen molar-refractivity contribution in [1.82, 2.24) is 0 Å². The predicted octanol–water partition coefficient (Wildman–Crippen LogP) is 5.32. The quantitative estimate of drug-likeness (QED) is 0.676. The Morgan fingerprint density at radius 1 is 1.21 bits per heavy atom. The molecule has 0 aliphatic carbocycles. The van der Waals surface area contributed by atoms with Crippen LogP contribution in [0.25, 0.3) is 0 Å². The van der Waals surface area contributed by atoms with Crippen LogP contribution in [0.2, 0.25) is 10.0 Å². The molecule has 5 heteroatoms. The van der Waals surface area contributed by atoms with E-state index in [1.54, 1.807) is 24.3 Å². The number of carbonyl (C=O) groups excluding carboxylic acids is 1. The molecule has 0 radical (unpaired) electrons. The van der Waals surface area contributed by atoms with Crippen LogP contribution in [0.15, 0.2) is 40.9 Å². The van der Waals surface area contributed by atoms with Crippen LogP contribution in [0.3, 0.4) is 0 Å². The molecule has 0 saturated heterocycles. The van der Waals surface area contributed by atoms with Gasteiger partial charge in [-0.15, -0.1) is 0 Å². The Labute approximate surface area is 128 Å². The monoisotopic (exact) mass is 360 g/mol. The van der Waals surface area contributed by atoms with Gasteiger partial charge in [0.05, 0.1) is 10.0 Å². The molecule has 2 aromatic rings. The minimum absolute atomic E-state index is 0.0119. The molecule has 19 heavy (non-hydrogen) atoms. The largest absolute Gasteiger partial charge is 0.294 e. The topological polar surface area (TPSA) is 17.1 Å². The fourth-order valence-electron chi connectivity index (χ4n) is 1.67. The molecule has 98 valence electrons. The molecule has 0 aromatic heterocycles. The summed E-state index contributed by atoms with van der Waals surface area (Å²) in [5.41, 5.74) is 0.843. The molecule has 0 N–H and O–H groups in total. The number of carbonyl (C=O) groups is 1. The molecule has 0 aliphatic rings. The molecule has 2 rings (SSSR count). The van der Waals surface area contributed by atoms with E-state index in [0.717, 1.165) is 4.47 Å². The first-order valence-electron chi connectivity index (χ1n) is 5.40. The van der Waals surface area contributed by atoms with Gasteiger partial charge in [-0.3, -0.25) is 4.79 Å². The van der Waals surface area contributed by atoms with Crippen molar-refractivity contribution in [3.63, 3.8) is 0 Å². The number of rotatable bonds is 3. The first-order valence-corrected chi connectivity index (χ1v) is 6.95. The van der Waals surface area contributed by atoms with Crippen LogP contribution in [-0.2, 0) is 6.42 Å². The van der Waals surface area contributed by atoms with E-state index in [4.69, 9.17) is 23.2 Å². The lowest BCUT2D eigenvalue weighted by Gasteiger charge is -2.06. The SMILES string of the molecule is O=C(Cc1cccc(F)c1Cl)c1ccc(Br)cc1Cl. The van der Waals surface area contributed by atoms with Crippen LogP contribution < -0.4 is 0 Å². The summed E-state index contributed by atoms with van der Waals surface area (Å²) in [6.07, 6.45) is 0.0119. The number of halogens is 4. The third-order valence-electron chi connectivity index (χ3n) is 2.61. The molecule has 0 heterocycles. The molecule has 0 amide bonds. The van der Waals surface area contributed by atoms with Gasteiger partial charge < -0.3 is 0 Å². The Morgan fingerprint density at radius 3 is 2.63 bits per heavy atom. The summed E-state index contributed by atoms with van der Waals surface area (Å²) in [5, 5.41) is 0.330. The van der Waals surface area contributed by atoms with Gasteiger partial charge in [-0.2, -0.15) is 0 Å². The van der Waals surface area contributed by atoms with Crippen molar-refractivity contribution in [1.29, 1.82) is 0 Å². The first-order chi connectivity index (χ1) is 8.99. The fourth-order valence-corrected chi connectivity index (χ4v) is 2.64. The van der Waals surface area contributed by atoms with Gasteiger partial charge in [-0.05, 0) is 29.8 Å². The lowest BCUT2D eigenvalue weighted by atomic mass is 10.0. The van der Waals surface area contributed by atoms with Crippen LogP contribution in [0.1, 0.15) is 15.9 Å². The fraction of sp³-hybridized carbons (Fsp3) is 0.0714. The lowest BCUT2D eigenvalue weighted by Crippen LogP contribution is -2.05. The summed E-state index contributed by atoms with van der Waals surface area (Å²) >= 11 is 15.1. The standard InChI is InChI=1S/C14H8BrCl2FO/c15-9-4-5-10(11(16)7-9)13(19)6-8-2-1-3-12(18)14(8)17/h1-5,7H,6H2. The maximum atomic E-state index is 13.3. The zero-order valence-corrected chi connectivity index (χ0v) is 12.7. The summed E-state index contributed by atoms with van der Waals surface area (Å²) in [6.45, 7) is 0. The molecular formula is C14H8BrCl2FO. The normalized spacial score (nSPS) is 10.5. The van der Waals surface area contributed by atoms with Crippen molar-refractivity contribution in [3.05, 3.63) is 67.9 Å². The van der Waals surface area contributed by atoms with Gasteiger partial charge in [0, 0.05) is 16.5 Å². The Bertz CT molecular complexity index is 643. The summed E-state index contributed by atoms with van der Waals surface area (Å²) in [4.78, 5) is 12.1. The van der Waals surface area contributed by atoms with Crippen molar-refractivity contribution in [3.8, 4) is 0 Å². The second-order valence-electron chi connectivity index (χ2n) is 3.94. The van der Waals surface area contributed by atoms with E-state index < -0.39 is 5.82 Å². The average Bonchev–Trinajstić information content (AvgIpc) is 2.34. The summed E-state index contributed by atoms with van der Waals surface area (Å²) in [6, 6.07) is 9.39. The summed E-state index contributed by atoms with van der Waals surface area (Å²) in [5.74, 6) is -0.737. The highest BCUT2D eigenvalue weighted by Crippen LogP contribution is 2.25. The van der Waals surface area contributed by atoms with Gasteiger partial charge in [-0.25, -0.2) is 4.39 Å². The smallest absolute Gasteiger partial charge is 0.168 e. The highest BCUT2D eigenvalue weighted by molar-refractivity contribution is 9.10. The molecule has 0 atom stereocenters. The zero-order valence-electron chi connectivity index (χ0n) is 9.59. The first kappa shape index (κ1) is 14.5. The zero-order chi connectivity index (χ0) is 14.0. The number of benzene rings is 2. The van der Waals surface area contributed by atoms with Crippen molar-refractivity contribution in [2.45, 2.75) is 6.42 Å². The van der Waals surface area contributed by atoms with Crippen molar-refractivity contribution in [2.75, 3.05) is 0 Å². The maximum absolute atomic E-state index is 13.3. The number of hydrogen-bond acceptors (Lipinski definition) is 1. The summed E-state index contributed by atoms with van der Waals surface area (Å²) < 4.78 is 14.1. The number of hydrogen-bond donors (Lipinski definition) is 0. The van der Waals surface area contributed by atoms with Crippen molar-refractivity contribution in [2.24, 2.45) is 0 Å². The molecule has 0 saturated carbocycles. The van der Waals surface area contributed by atoms with E-state index in [1.807, 2.05) is 0 Å². The van der Waals surface area contributed by atoms with E-state index >= 15 is 0 Å². The summed E-state index contributed by atoms with van der Waals surface area (Å²) in [7, 11) is 0. The Kier molecular flexibility index (Phi) is 4.61. The molecule has 2 aromatic carbocycles. The van der Waals surface area contributed by atoms with E-state index in [0.29, 0.717) is 16.1 Å². The van der Waals surface area contributed by atoms with E-state index in [1.165, 1.54) is 12.1 Å². The Morgan fingerprint density at radius 2 is 1.95 bits per heavy atom. The molecular weight excluding hydrogens is 354 g/mol. The van der Waals surface area contributed by atoms with Crippen LogP contribution >= 0.6 is 39.1 Å². The van der Waals surface area contributed by atoms with E-state index in [-0.39, 0.29) is 17.2 Å². The van der Waals surface area contributed by atoms with Gasteiger partial charge in [0.1, 0.15) is 5.82 Å². The second-order valence-corrected chi connectivity index (χ2v) is 5.64. The minimum Gasteiger partial charge on any atom is -0.294 e. The van der Waals surface area contributed by atoms with Crippen LogP contribution in [0.4, 0.5) is 4.39 Å². The third kappa shape index (κ3) is 3.35. The van der Waals surface area contributed by atoms with Crippen molar-refractivity contribution < 1.29 is 9.18 Å². The average molecular weight is 362 g/mol. The highest BCUT2D eigenvalue weighted by Gasteiger charge is 2.14. The Balaban J connectivity index is 2.28. The van der Waals surface area contributed by atoms with Crippen LogP contribution in [-0.4, -0.2) is 5.78 Å². The van der Waals surface area contributed by atoms with Crippen LogP contribution in [0, 0.1) is 5.82 Å². The molecule has 1 nitrogen and oxygen atoms in total.